The Morgan fingerprint density at radius 3 is 1.78 bits per heavy atom. The molecule has 2 heterocycles. The van der Waals surface area contributed by atoms with Gasteiger partial charge in [-0.1, -0.05) is 0 Å². The first-order chi connectivity index (χ1) is 20.6. The normalized spacial score (nSPS) is 16.2. The van der Waals surface area contributed by atoms with Crippen molar-refractivity contribution in [2.24, 2.45) is 10.3 Å². The number of nitro benzene ring substituents is 2. The Morgan fingerprint density at radius 2 is 1.31 bits per heavy atom. The third-order valence-corrected chi connectivity index (χ3v) is 8.88. The highest BCUT2D eigenvalue weighted by Crippen LogP contribution is 2.34. The van der Waals surface area contributed by atoms with Gasteiger partial charge < -0.3 is 20.9 Å². The molecule has 0 unspecified atom stereocenters. The molecule has 0 atom stereocenters. The summed E-state index contributed by atoms with van der Waals surface area (Å²) >= 11 is 0. The van der Waals surface area contributed by atoms with Gasteiger partial charge >= 0.3 is 0 Å². The number of nitrogens with zero attached hydrogens (tertiary/aromatic N) is 3. The highest BCUT2D eigenvalue weighted by Gasteiger charge is 2.30. The molecule has 252 valence electrons. The lowest BCUT2D eigenvalue weighted by atomic mass is 10.0. The summed E-state index contributed by atoms with van der Waals surface area (Å²) in [4.78, 5) is 21.6. The molecule has 7 N–H and O–H groups in total. The summed E-state index contributed by atoms with van der Waals surface area (Å²) in [5.41, 5.74) is -0.551. The average molecular weight is 701 g/mol. The van der Waals surface area contributed by atoms with Crippen molar-refractivity contribution in [2.45, 2.75) is 54.0 Å². The second-order valence-corrected chi connectivity index (χ2v) is 13.2. The van der Waals surface area contributed by atoms with E-state index in [1.54, 1.807) is 0 Å². The van der Waals surface area contributed by atoms with Gasteiger partial charge in [0.2, 0.25) is 20.0 Å². The first kappa shape index (κ1) is 37.9. The number of nitro groups is 2. The Kier molecular flexibility index (Phi) is 13.8. The van der Waals surface area contributed by atoms with E-state index in [0.717, 1.165) is 44.1 Å². The Hall–Kier alpha value is -3.27. The number of sulfonamides is 2. The third-order valence-electron chi connectivity index (χ3n) is 7.06. The Morgan fingerprint density at radius 1 is 0.844 bits per heavy atom. The number of primary sulfonamides is 2. The van der Waals surface area contributed by atoms with E-state index in [4.69, 9.17) is 10.3 Å². The highest BCUT2D eigenvalue weighted by molar-refractivity contribution is 7.89. The number of alkyl halides is 2. The van der Waals surface area contributed by atoms with Gasteiger partial charge in [0.05, 0.1) is 26.2 Å². The molecular formula is C24H35ClF2N8O8S2. The molecule has 0 aliphatic carbocycles. The van der Waals surface area contributed by atoms with E-state index in [1.165, 1.54) is 23.1 Å². The zero-order valence-electron chi connectivity index (χ0n) is 23.8. The molecule has 2 aromatic carbocycles. The summed E-state index contributed by atoms with van der Waals surface area (Å²) in [6.07, 6.45) is 0.140. The van der Waals surface area contributed by atoms with Gasteiger partial charge in [-0.3, -0.25) is 20.2 Å². The first-order valence-electron chi connectivity index (χ1n) is 13.4. The quantitative estimate of drug-likeness (QED) is 0.176. The monoisotopic (exact) mass is 700 g/mol. The number of nitrogens with one attached hydrogen (secondary N) is 3. The topological polar surface area (TPSA) is 246 Å². The number of piperidine rings is 2. The summed E-state index contributed by atoms with van der Waals surface area (Å²) < 4.78 is 71.2. The van der Waals surface area contributed by atoms with Crippen LogP contribution in [0.25, 0.3) is 0 Å². The Balaban J connectivity index is 0.000000311. The van der Waals surface area contributed by atoms with Gasteiger partial charge in [0.1, 0.15) is 11.4 Å². The lowest BCUT2D eigenvalue weighted by Crippen LogP contribution is -2.45. The zero-order valence-corrected chi connectivity index (χ0v) is 26.3. The van der Waals surface area contributed by atoms with Crippen LogP contribution < -0.4 is 31.1 Å². The highest BCUT2D eigenvalue weighted by atomic mass is 35.5. The van der Waals surface area contributed by atoms with E-state index >= 15 is 0 Å². The molecule has 2 aliphatic rings. The van der Waals surface area contributed by atoms with Gasteiger partial charge in [-0.25, -0.2) is 35.9 Å². The minimum Gasteiger partial charge on any atom is -0.377 e. The molecule has 2 saturated heterocycles. The number of benzene rings is 2. The van der Waals surface area contributed by atoms with Gasteiger partial charge in [-0.15, -0.1) is 12.4 Å². The third kappa shape index (κ3) is 10.9. The van der Waals surface area contributed by atoms with Crippen LogP contribution in [0.2, 0.25) is 0 Å². The molecule has 21 heteroatoms. The molecule has 2 aromatic rings. The van der Waals surface area contributed by atoms with E-state index in [-0.39, 0.29) is 40.8 Å². The predicted octanol–water partition coefficient (Wildman–Crippen LogP) is 1.89. The van der Waals surface area contributed by atoms with Crippen LogP contribution in [-0.4, -0.2) is 77.9 Å². The maximum absolute atomic E-state index is 13.0. The molecule has 45 heavy (non-hydrogen) atoms. The van der Waals surface area contributed by atoms with Crippen LogP contribution in [0.3, 0.4) is 0 Å². The van der Waals surface area contributed by atoms with Crippen molar-refractivity contribution in [2.75, 3.05) is 42.9 Å². The number of hydrogen-bond donors (Lipinski definition) is 5. The van der Waals surface area contributed by atoms with Crippen LogP contribution in [0.5, 0.6) is 0 Å². The van der Waals surface area contributed by atoms with Gasteiger partial charge in [-0.05, 0) is 76.1 Å². The predicted molar refractivity (Wildman–Crippen MR) is 165 cm³/mol. The van der Waals surface area contributed by atoms with Gasteiger partial charge in [-0.2, -0.15) is 0 Å². The molecule has 0 radical (unpaired) electrons. The van der Waals surface area contributed by atoms with E-state index < -0.39 is 53.4 Å². The molecule has 2 aliphatic heterocycles. The number of rotatable bonds is 10. The summed E-state index contributed by atoms with van der Waals surface area (Å²) in [6, 6.07) is 6.56. The molecule has 0 saturated carbocycles. The van der Waals surface area contributed by atoms with Crippen molar-refractivity contribution >= 4 is 55.2 Å². The summed E-state index contributed by atoms with van der Waals surface area (Å²) in [5, 5.41) is 41.7. The SMILES string of the molecule is Cl.NS(=O)(=O)c1ccc(N(CC(F)F)C2CCNCC2)c([N+](=O)[O-])c1.NS(=O)(=O)c1ccc(NC2CCNCC2)c([N+](=O)[O-])c1. The Bertz CT molecular complexity index is 1560. The van der Waals surface area contributed by atoms with Crippen LogP contribution in [-0.2, 0) is 20.0 Å². The summed E-state index contributed by atoms with van der Waals surface area (Å²) in [5.74, 6) is 0. The molecule has 0 bridgehead atoms. The van der Waals surface area contributed by atoms with E-state index in [2.05, 4.69) is 16.0 Å². The maximum atomic E-state index is 13.0. The fraction of sp³-hybridized carbons (Fsp3) is 0.500. The zero-order chi connectivity index (χ0) is 32.7. The smallest absolute Gasteiger partial charge is 0.293 e. The molecule has 0 amide bonds. The largest absolute Gasteiger partial charge is 0.377 e. The van der Waals surface area contributed by atoms with Crippen molar-refractivity contribution in [1.29, 1.82) is 0 Å². The lowest BCUT2D eigenvalue weighted by molar-refractivity contribution is -0.384. The van der Waals surface area contributed by atoms with Crippen LogP contribution >= 0.6 is 12.4 Å². The van der Waals surface area contributed by atoms with E-state index in [1.807, 2.05) is 0 Å². The second kappa shape index (κ2) is 16.3. The van der Waals surface area contributed by atoms with Crippen LogP contribution in [0, 0.1) is 20.2 Å². The van der Waals surface area contributed by atoms with Gasteiger partial charge in [0, 0.05) is 24.2 Å². The van der Waals surface area contributed by atoms with Crippen LogP contribution in [0.15, 0.2) is 46.2 Å². The number of anilines is 2. The molecule has 16 nitrogen and oxygen atoms in total. The van der Waals surface area contributed by atoms with Crippen molar-refractivity contribution in [3.63, 3.8) is 0 Å². The molecule has 0 spiro atoms. The van der Waals surface area contributed by atoms with E-state index in [9.17, 15) is 45.8 Å². The molecular weight excluding hydrogens is 666 g/mol. The summed E-state index contributed by atoms with van der Waals surface area (Å²) in [7, 11) is -8.08. The van der Waals surface area contributed by atoms with Gasteiger partial charge in [0.25, 0.3) is 17.8 Å². The van der Waals surface area contributed by atoms with Crippen molar-refractivity contribution in [3.8, 4) is 0 Å². The minimum atomic E-state index is -4.13. The van der Waals surface area contributed by atoms with Gasteiger partial charge in [0.15, 0.2) is 0 Å². The average Bonchev–Trinajstić information content (AvgIpc) is 2.96. The number of nitrogens with two attached hydrogens (primary N) is 2. The Labute approximate surface area is 264 Å². The standard InChI is InChI=1S/C13H18F2N4O4S.C11H16N4O4S.ClH/c14-13(15)8-18(9-3-5-17-6-4-9)11-2-1-10(24(16,22)23)7-12(11)19(20)21;12-20(18,19)9-1-2-10(11(7-9)15(16)17)14-8-3-5-13-6-4-8;/h1-2,7,9,13,17H,3-6,8H2,(H2,16,22,23);1-2,7-8,13-14H,3-6H2,(H2,12,18,19);1H. The van der Waals surface area contributed by atoms with Crippen molar-refractivity contribution in [1.82, 2.24) is 10.6 Å². The van der Waals surface area contributed by atoms with Crippen molar-refractivity contribution < 1.29 is 35.5 Å². The number of hydrogen-bond acceptors (Lipinski definition) is 12. The number of halogens is 3. The summed E-state index contributed by atoms with van der Waals surface area (Å²) in [6.45, 7) is 2.27. The molecule has 0 aromatic heterocycles. The van der Waals surface area contributed by atoms with E-state index in [0.29, 0.717) is 31.6 Å². The minimum absolute atomic E-state index is 0. The first-order valence-corrected chi connectivity index (χ1v) is 16.5. The fourth-order valence-electron chi connectivity index (χ4n) is 4.93. The second-order valence-electron chi connectivity index (χ2n) is 10.1. The molecule has 4 rings (SSSR count). The maximum Gasteiger partial charge on any atom is 0.293 e. The van der Waals surface area contributed by atoms with Crippen LogP contribution in [0.1, 0.15) is 25.7 Å². The molecule has 2 fully saturated rings. The van der Waals surface area contributed by atoms with Crippen molar-refractivity contribution in [3.05, 3.63) is 56.6 Å². The fourth-order valence-corrected chi connectivity index (χ4v) is 6.00. The van der Waals surface area contributed by atoms with Crippen LogP contribution in [0.4, 0.5) is 31.5 Å². The lowest BCUT2D eigenvalue weighted by Gasteiger charge is -2.35.